The third-order valence-electron chi connectivity index (χ3n) is 6.38. The number of halogens is 2. The third-order valence-corrected chi connectivity index (χ3v) is 7.20. The van der Waals surface area contributed by atoms with Crippen LogP contribution in [0.1, 0.15) is 38.6 Å². The van der Waals surface area contributed by atoms with Gasteiger partial charge in [-0.15, -0.1) is 0 Å². The van der Waals surface area contributed by atoms with Crippen molar-refractivity contribution >= 4 is 29.0 Å². The number of aryl methyl sites for hydroxylation is 1. The van der Waals surface area contributed by atoms with Crippen molar-refractivity contribution in [3.8, 4) is 11.3 Å². The van der Waals surface area contributed by atoms with Crippen LogP contribution < -0.4 is 10.6 Å². The smallest absolute Gasteiger partial charge is 0.153 e. The zero-order valence-corrected chi connectivity index (χ0v) is 18.2. The molecule has 3 heterocycles. The van der Waals surface area contributed by atoms with Crippen LogP contribution >= 0.6 is 23.2 Å². The molecule has 3 N–H and O–H groups in total. The molecule has 2 aliphatic rings. The number of nitrogens with two attached hydrogens (primary N) is 1. The van der Waals surface area contributed by atoms with Gasteiger partial charge in [0.1, 0.15) is 5.69 Å². The Balaban J connectivity index is 0.00000256. The molecule has 0 bridgehead atoms. The van der Waals surface area contributed by atoms with Gasteiger partial charge >= 0.3 is 0 Å². The van der Waals surface area contributed by atoms with Gasteiger partial charge in [-0.25, -0.2) is 9.97 Å². The summed E-state index contributed by atoms with van der Waals surface area (Å²) in [4.78, 5) is 11.7. The van der Waals surface area contributed by atoms with E-state index < -0.39 is 0 Å². The molecule has 0 radical (unpaired) electrons. The lowest BCUT2D eigenvalue weighted by molar-refractivity contribution is 0.0973. The SMILES string of the molecule is C.Cc1nc(N2CCC3(CC2)CO[C@H](C)[C@@H]3N)c(CO)nc1-c1cccc(Cl)c1Cl. The van der Waals surface area contributed by atoms with Crippen molar-refractivity contribution in [2.24, 2.45) is 11.1 Å². The van der Waals surface area contributed by atoms with Crippen LogP contribution in [0.2, 0.25) is 10.0 Å². The van der Waals surface area contributed by atoms with Crippen LogP contribution in [0, 0.1) is 12.3 Å². The Hall–Kier alpha value is -1.44. The number of nitrogens with zero attached hydrogens (tertiary/aromatic N) is 3. The zero-order chi connectivity index (χ0) is 20.8. The van der Waals surface area contributed by atoms with Gasteiger partial charge in [0, 0.05) is 30.1 Å². The van der Waals surface area contributed by atoms with Crippen LogP contribution in [0.5, 0.6) is 0 Å². The molecule has 2 atom stereocenters. The monoisotopic (exact) mass is 452 g/mol. The van der Waals surface area contributed by atoms with Crippen LogP contribution in [0.15, 0.2) is 18.2 Å². The number of benzene rings is 1. The van der Waals surface area contributed by atoms with E-state index in [9.17, 15) is 5.11 Å². The lowest BCUT2D eigenvalue weighted by Gasteiger charge is -2.42. The van der Waals surface area contributed by atoms with Crippen molar-refractivity contribution < 1.29 is 9.84 Å². The van der Waals surface area contributed by atoms with Gasteiger partial charge < -0.3 is 20.5 Å². The largest absolute Gasteiger partial charge is 0.390 e. The molecule has 0 unspecified atom stereocenters. The molecular formula is C22H30Cl2N4O2. The summed E-state index contributed by atoms with van der Waals surface area (Å²) in [6.07, 6.45) is 1.97. The number of rotatable bonds is 3. The molecular weight excluding hydrogens is 423 g/mol. The third kappa shape index (κ3) is 3.92. The molecule has 2 fully saturated rings. The summed E-state index contributed by atoms with van der Waals surface area (Å²) < 4.78 is 5.81. The first-order valence-corrected chi connectivity index (χ1v) is 10.7. The topological polar surface area (TPSA) is 84.5 Å². The predicted molar refractivity (Wildman–Crippen MR) is 122 cm³/mol. The van der Waals surface area contributed by atoms with Crippen molar-refractivity contribution in [3.63, 3.8) is 0 Å². The van der Waals surface area contributed by atoms with E-state index in [1.165, 1.54) is 0 Å². The quantitative estimate of drug-likeness (QED) is 0.724. The summed E-state index contributed by atoms with van der Waals surface area (Å²) in [5.74, 6) is 0.724. The van der Waals surface area contributed by atoms with E-state index in [1.54, 1.807) is 6.07 Å². The first-order valence-electron chi connectivity index (χ1n) is 9.91. The second kappa shape index (κ2) is 8.97. The minimum atomic E-state index is -0.199. The maximum Gasteiger partial charge on any atom is 0.153 e. The number of piperidine rings is 1. The Labute approximate surface area is 188 Å². The second-order valence-electron chi connectivity index (χ2n) is 8.08. The number of hydrogen-bond donors (Lipinski definition) is 2. The lowest BCUT2D eigenvalue weighted by atomic mass is 9.73. The summed E-state index contributed by atoms with van der Waals surface area (Å²) in [6.45, 7) is 6.08. The highest BCUT2D eigenvalue weighted by Crippen LogP contribution is 2.42. The number of anilines is 1. The highest BCUT2D eigenvalue weighted by Gasteiger charge is 2.47. The Bertz CT molecular complexity index is 916. The Kier molecular flexibility index (Phi) is 6.94. The minimum absolute atomic E-state index is 0. The molecule has 4 rings (SSSR count). The molecule has 2 saturated heterocycles. The molecule has 1 aromatic heterocycles. The van der Waals surface area contributed by atoms with Crippen molar-refractivity contribution in [2.75, 3.05) is 24.6 Å². The summed E-state index contributed by atoms with van der Waals surface area (Å²) in [5, 5.41) is 10.9. The van der Waals surface area contributed by atoms with E-state index in [4.69, 9.17) is 43.6 Å². The highest BCUT2D eigenvalue weighted by atomic mass is 35.5. The molecule has 164 valence electrons. The average molecular weight is 453 g/mol. The molecule has 0 aliphatic carbocycles. The number of ether oxygens (including phenoxy) is 1. The number of aliphatic hydroxyl groups excluding tert-OH is 1. The van der Waals surface area contributed by atoms with Crippen LogP contribution in [-0.4, -0.2) is 46.9 Å². The van der Waals surface area contributed by atoms with E-state index in [-0.39, 0.29) is 31.6 Å². The summed E-state index contributed by atoms with van der Waals surface area (Å²) >= 11 is 12.5. The van der Waals surface area contributed by atoms with Gasteiger partial charge in [-0.1, -0.05) is 42.8 Å². The van der Waals surface area contributed by atoms with E-state index in [0.717, 1.165) is 37.4 Å². The Morgan fingerprint density at radius 3 is 2.57 bits per heavy atom. The molecule has 30 heavy (non-hydrogen) atoms. The van der Waals surface area contributed by atoms with Crippen molar-refractivity contribution in [2.45, 2.75) is 52.9 Å². The Morgan fingerprint density at radius 1 is 1.27 bits per heavy atom. The summed E-state index contributed by atoms with van der Waals surface area (Å²) in [7, 11) is 0. The maximum absolute atomic E-state index is 9.99. The molecule has 6 nitrogen and oxygen atoms in total. The predicted octanol–water partition coefficient (Wildman–Crippen LogP) is 4.22. The van der Waals surface area contributed by atoms with Crippen molar-refractivity contribution in [3.05, 3.63) is 39.6 Å². The molecule has 2 aromatic rings. The first kappa shape index (κ1) is 23.2. The molecule has 0 saturated carbocycles. The normalized spacial score (nSPS) is 22.9. The van der Waals surface area contributed by atoms with Gasteiger partial charge in [-0.2, -0.15) is 0 Å². The van der Waals surface area contributed by atoms with Gasteiger partial charge in [0.15, 0.2) is 5.82 Å². The highest BCUT2D eigenvalue weighted by molar-refractivity contribution is 6.43. The average Bonchev–Trinajstić information content (AvgIpc) is 2.99. The maximum atomic E-state index is 9.99. The van der Waals surface area contributed by atoms with Crippen LogP contribution in [0.4, 0.5) is 5.82 Å². The van der Waals surface area contributed by atoms with E-state index >= 15 is 0 Å². The van der Waals surface area contributed by atoms with Gasteiger partial charge in [0.05, 0.1) is 40.8 Å². The van der Waals surface area contributed by atoms with Gasteiger partial charge in [0.2, 0.25) is 0 Å². The van der Waals surface area contributed by atoms with E-state index in [0.29, 0.717) is 33.6 Å². The number of aliphatic hydroxyl groups is 1. The first-order chi connectivity index (χ1) is 13.9. The fourth-order valence-corrected chi connectivity index (χ4v) is 4.87. The summed E-state index contributed by atoms with van der Waals surface area (Å²) in [6, 6.07) is 5.48. The second-order valence-corrected chi connectivity index (χ2v) is 8.86. The van der Waals surface area contributed by atoms with Crippen LogP contribution in [0.3, 0.4) is 0 Å². The van der Waals surface area contributed by atoms with Crippen LogP contribution in [0.25, 0.3) is 11.3 Å². The van der Waals surface area contributed by atoms with Gasteiger partial charge in [-0.05, 0) is 32.8 Å². The lowest BCUT2D eigenvalue weighted by Crippen LogP contribution is -2.51. The standard InChI is InChI=1S/C21H26Cl2N4O2.CH4/c1-12-18(14-4-3-5-15(22)17(14)23)26-16(10-28)20(25-12)27-8-6-21(7-9-27)11-29-13(2)19(21)24;/h3-5,13,19,28H,6-11,24H2,1-2H3;1H4/t13-,19+;/m1./s1. The van der Waals surface area contributed by atoms with Crippen molar-refractivity contribution in [1.82, 2.24) is 9.97 Å². The van der Waals surface area contributed by atoms with Gasteiger partial charge in [0.25, 0.3) is 0 Å². The molecule has 1 aromatic carbocycles. The number of hydrogen-bond acceptors (Lipinski definition) is 6. The molecule has 0 amide bonds. The van der Waals surface area contributed by atoms with Gasteiger partial charge in [-0.3, -0.25) is 0 Å². The summed E-state index contributed by atoms with van der Waals surface area (Å²) in [5.41, 5.74) is 9.10. The van der Waals surface area contributed by atoms with Crippen LogP contribution in [-0.2, 0) is 11.3 Å². The molecule has 2 aliphatic heterocycles. The number of aromatic nitrogens is 2. The van der Waals surface area contributed by atoms with E-state index in [2.05, 4.69) is 4.90 Å². The zero-order valence-electron chi connectivity index (χ0n) is 16.7. The Morgan fingerprint density at radius 2 is 1.97 bits per heavy atom. The minimum Gasteiger partial charge on any atom is -0.390 e. The fraction of sp³-hybridized carbons (Fsp3) is 0.545. The van der Waals surface area contributed by atoms with Crippen molar-refractivity contribution in [1.29, 1.82) is 0 Å². The molecule has 8 heteroatoms. The van der Waals surface area contributed by atoms with E-state index in [1.807, 2.05) is 26.0 Å². The molecule has 1 spiro atoms. The fourth-order valence-electron chi connectivity index (χ4n) is 4.48.